The van der Waals surface area contributed by atoms with Gasteiger partial charge in [0.25, 0.3) is 10.0 Å². The molecule has 12 heteroatoms. The summed E-state index contributed by atoms with van der Waals surface area (Å²) in [6.45, 7) is 4.83. The van der Waals surface area contributed by atoms with Crippen molar-refractivity contribution in [1.82, 2.24) is 19.9 Å². The third kappa shape index (κ3) is 6.77. The highest BCUT2D eigenvalue weighted by Gasteiger charge is 2.26. The minimum atomic E-state index is -3.84. The molecule has 212 valence electrons. The number of nitrogens with one attached hydrogen (secondary N) is 2. The number of anilines is 3. The number of piperidine rings is 1. The van der Waals surface area contributed by atoms with Crippen LogP contribution in [-0.4, -0.2) is 54.5 Å². The molecule has 1 aliphatic rings. The lowest BCUT2D eigenvalue weighted by atomic mass is 9.95. The fraction of sp³-hybridized carbons (Fsp3) is 0.276. The molecule has 0 aliphatic carbocycles. The Balaban J connectivity index is 1.16. The van der Waals surface area contributed by atoms with E-state index in [1.807, 2.05) is 30.3 Å². The van der Waals surface area contributed by atoms with Crippen LogP contribution in [0.3, 0.4) is 0 Å². The van der Waals surface area contributed by atoms with E-state index in [1.165, 1.54) is 12.1 Å². The Morgan fingerprint density at radius 2 is 1.66 bits per heavy atom. The fourth-order valence-corrected chi connectivity index (χ4v) is 5.73. The molecule has 1 aliphatic heterocycles. The third-order valence-corrected chi connectivity index (χ3v) is 8.24. The van der Waals surface area contributed by atoms with E-state index in [-0.39, 0.29) is 22.5 Å². The molecule has 1 fully saturated rings. The predicted octanol–water partition coefficient (Wildman–Crippen LogP) is 4.21. The van der Waals surface area contributed by atoms with Crippen LogP contribution in [0, 0.1) is 19.8 Å². The lowest BCUT2D eigenvalue weighted by molar-refractivity contribution is -0.120. The lowest BCUT2D eigenvalue weighted by Crippen LogP contribution is -2.38. The number of rotatable bonds is 8. The van der Waals surface area contributed by atoms with Crippen molar-refractivity contribution in [2.75, 3.05) is 35.1 Å². The Hall–Kier alpha value is -4.58. The van der Waals surface area contributed by atoms with Crippen molar-refractivity contribution >= 4 is 33.3 Å². The summed E-state index contributed by atoms with van der Waals surface area (Å²) in [4.78, 5) is 32.3. The normalized spacial score (nSPS) is 14.0. The molecule has 0 unspecified atom stereocenters. The molecule has 0 spiro atoms. The van der Waals surface area contributed by atoms with Gasteiger partial charge in [-0.15, -0.1) is 0 Å². The first kappa shape index (κ1) is 28.0. The third-order valence-electron chi connectivity index (χ3n) is 6.87. The molecule has 0 radical (unpaired) electrons. The minimum absolute atomic E-state index is 0.0663. The largest absolute Gasteiger partial charge is 0.497 e. The van der Waals surface area contributed by atoms with Crippen LogP contribution in [0.25, 0.3) is 11.3 Å². The number of hydrogen-bond donors (Lipinski definition) is 2. The summed E-state index contributed by atoms with van der Waals surface area (Å²) >= 11 is 0. The average Bonchev–Trinajstić information content (AvgIpc) is 2.97. The number of ether oxygens (including phenoxy) is 1. The molecule has 2 N–H and O–H groups in total. The predicted molar refractivity (Wildman–Crippen MR) is 156 cm³/mol. The number of sulfonamides is 1. The van der Waals surface area contributed by atoms with E-state index in [2.05, 4.69) is 34.9 Å². The average molecular weight is 574 g/mol. The summed E-state index contributed by atoms with van der Waals surface area (Å²) in [7, 11) is -2.21. The summed E-state index contributed by atoms with van der Waals surface area (Å²) in [6.07, 6.45) is 2.90. The highest BCUT2D eigenvalue weighted by molar-refractivity contribution is 7.92. The fourth-order valence-electron chi connectivity index (χ4n) is 4.74. The first-order valence-electron chi connectivity index (χ1n) is 13.2. The number of aryl methyl sites for hydroxylation is 2. The Labute approximate surface area is 239 Å². The summed E-state index contributed by atoms with van der Waals surface area (Å²) in [5.74, 6) is 2.03. The molecule has 0 atom stereocenters. The van der Waals surface area contributed by atoms with Crippen molar-refractivity contribution < 1.29 is 17.9 Å². The lowest BCUT2D eigenvalue weighted by Gasteiger charge is -2.32. The Morgan fingerprint density at radius 3 is 2.32 bits per heavy atom. The van der Waals surface area contributed by atoms with E-state index in [1.54, 1.807) is 45.5 Å². The second-order valence-electron chi connectivity index (χ2n) is 9.81. The van der Waals surface area contributed by atoms with Crippen LogP contribution < -0.4 is 19.7 Å². The van der Waals surface area contributed by atoms with Crippen LogP contribution in [0.2, 0.25) is 0 Å². The van der Waals surface area contributed by atoms with Crippen molar-refractivity contribution in [2.45, 2.75) is 31.6 Å². The van der Waals surface area contributed by atoms with E-state index >= 15 is 0 Å². The van der Waals surface area contributed by atoms with Gasteiger partial charge in [-0.2, -0.15) is 0 Å². The first-order chi connectivity index (χ1) is 19.7. The van der Waals surface area contributed by atoms with Gasteiger partial charge in [0, 0.05) is 48.1 Å². The quantitative estimate of drug-likeness (QED) is 0.317. The Kier molecular flexibility index (Phi) is 8.11. The summed E-state index contributed by atoms with van der Waals surface area (Å²) < 4.78 is 33.3. The SMILES string of the molecule is COc1ccc(-c2cc(N3CCC(C(=O)Nc4ccc(S(=O)(=O)Nc5cc(C)nc(C)n5)cc4)CC3)ncn2)cc1. The summed E-state index contributed by atoms with van der Waals surface area (Å²) in [6, 6.07) is 17.3. The van der Waals surface area contributed by atoms with Crippen LogP contribution >= 0.6 is 0 Å². The molecule has 2 aromatic heterocycles. The first-order valence-corrected chi connectivity index (χ1v) is 14.7. The van der Waals surface area contributed by atoms with Crippen LogP contribution in [0.5, 0.6) is 5.75 Å². The monoisotopic (exact) mass is 573 g/mol. The number of methoxy groups -OCH3 is 1. The molecule has 1 amide bonds. The molecule has 5 rings (SSSR count). The summed E-state index contributed by atoms with van der Waals surface area (Å²) in [5, 5.41) is 2.92. The number of aromatic nitrogens is 4. The molecule has 0 bridgehead atoms. The van der Waals surface area contributed by atoms with Gasteiger partial charge in [0.2, 0.25) is 5.91 Å². The van der Waals surface area contributed by atoms with Crippen LogP contribution in [0.15, 0.2) is 71.9 Å². The molecule has 2 aromatic carbocycles. The van der Waals surface area contributed by atoms with E-state index in [0.717, 1.165) is 22.8 Å². The molecule has 11 nitrogen and oxygen atoms in total. The van der Waals surface area contributed by atoms with Gasteiger partial charge in [-0.1, -0.05) is 0 Å². The zero-order valence-electron chi connectivity index (χ0n) is 23.0. The van der Waals surface area contributed by atoms with E-state index < -0.39 is 10.0 Å². The van der Waals surface area contributed by atoms with Crippen LogP contribution in [0.1, 0.15) is 24.4 Å². The molecule has 1 saturated heterocycles. The molecule has 3 heterocycles. The van der Waals surface area contributed by atoms with Gasteiger partial charge in [-0.3, -0.25) is 9.52 Å². The van der Waals surface area contributed by atoms with Gasteiger partial charge in [0.05, 0.1) is 17.7 Å². The minimum Gasteiger partial charge on any atom is -0.497 e. The number of benzene rings is 2. The van der Waals surface area contributed by atoms with Gasteiger partial charge >= 0.3 is 0 Å². The van der Waals surface area contributed by atoms with Gasteiger partial charge in [0.15, 0.2) is 0 Å². The van der Waals surface area contributed by atoms with E-state index in [4.69, 9.17) is 4.74 Å². The van der Waals surface area contributed by atoms with Crippen LogP contribution in [-0.2, 0) is 14.8 Å². The van der Waals surface area contributed by atoms with Gasteiger partial charge < -0.3 is 15.0 Å². The zero-order chi connectivity index (χ0) is 29.0. The Bertz CT molecular complexity index is 1620. The second kappa shape index (κ2) is 11.9. The maximum Gasteiger partial charge on any atom is 0.263 e. The maximum atomic E-state index is 13.0. The smallest absolute Gasteiger partial charge is 0.263 e. The highest BCUT2D eigenvalue weighted by atomic mass is 32.2. The van der Waals surface area contributed by atoms with Crippen molar-refractivity contribution in [3.8, 4) is 17.0 Å². The number of nitrogens with zero attached hydrogens (tertiary/aromatic N) is 5. The van der Waals surface area contributed by atoms with Crippen molar-refractivity contribution in [1.29, 1.82) is 0 Å². The number of hydrogen-bond acceptors (Lipinski definition) is 9. The van der Waals surface area contributed by atoms with Crippen molar-refractivity contribution in [3.63, 3.8) is 0 Å². The molecule has 0 saturated carbocycles. The van der Waals surface area contributed by atoms with Crippen molar-refractivity contribution in [2.24, 2.45) is 5.92 Å². The summed E-state index contributed by atoms with van der Waals surface area (Å²) in [5.41, 5.74) is 2.98. The van der Waals surface area contributed by atoms with E-state index in [0.29, 0.717) is 43.1 Å². The highest BCUT2D eigenvalue weighted by Crippen LogP contribution is 2.27. The second-order valence-corrected chi connectivity index (χ2v) is 11.5. The molecule has 41 heavy (non-hydrogen) atoms. The Morgan fingerprint density at radius 1 is 0.951 bits per heavy atom. The standard InChI is InChI=1S/C29H31N7O4S/c1-19-16-27(33-20(2)32-19)35-41(38,39)25-10-6-23(7-11-25)34-29(37)22-12-14-36(15-13-22)28-17-26(30-18-31-28)21-4-8-24(40-3)9-5-21/h4-11,16-18,22H,12-15H2,1-3H3,(H,34,37)(H,32,33,35). The van der Waals surface area contributed by atoms with E-state index in [9.17, 15) is 13.2 Å². The van der Waals surface area contributed by atoms with Gasteiger partial charge in [-0.25, -0.2) is 28.4 Å². The zero-order valence-corrected chi connectivity index (χ0v) is 23.9. The topological polar surface area (TPSA) is 139 Å². The maximum absolute atomic E-state index is 13.0. The van der Waals surface area contributed by atoms with Gasteiger partial charge in [0.1, 0.15) is 29.5 Å². The number of amides is 1. The molecular formula is C29H31N7O4S. The van der Waals surface area contributed by atoms with Gasteiger partial charge in [-0.05, 0) is 75.2 Å². The molecular weight excluding hydrogens is 542 g/mol. The van der Waals surface area contributed by atoms with Crippen molar-refractivity contribution in [3.05, 3.63) is 78.5 Å². The number of carbonyl (C=O) groups is 1. The van der Waals surface area contributed by atoms with Crippen LogP contribution in [0.4, 0.5) is 17.3 Å². The number of carbonyl (C=O) groups excluding carboxylic acids is 1. The molecule has 4 aromatic rings.